The van der Waals surface area contributed by atoms with Crippen LogP contribution in [0.25, 0.3) is 0 Å². The van der Waals surface area contributed by atoms with E-state index in [1.165, 1.54) is 0 Å². The fourth-order valence-electron chi connectivity index (χ4n) is 2.68. The highest BCUT2D eigenvalue weighted by molar-refractivity contribution is 5.92. The largest absolute Gasteiger partial charge is 0.550 e. The van der Waals surface area contributed by atoms with Gasteiger partial charge in [0.15, 0.2) is 0 Å². The summed E-state index contributed by atoms with van der Waals surface area (Å²) in [5.41, 5.74) is 0.870. The first kappa shape index (κ1) is 27.3. The smallest absolute Gasteiger partial charge is 0.333 e. The van der Waals surface area contributed by atoms with Crippen LogP contribution in [0.5, 0.6) is 0 Å². The second-order valence-corrected chi connectivity index (χ2v) is 7.80. The Morgan fingerprint density at radius 1 is 1.17 bits per heavy atom. The van der Waals surface area contributed by atoms with E-state index in [0.29, 0.717) is 48.1 Å². The second kappa shape index (κ2) is 14.3. The molecule has 0 radical (unpaired) electrons. The molecule has 0 aromatic rings. The molecule has 1 amide bonds. The minimum Gasteiger partial charge on any atom is -0.550 e. The highest BCUT2D eigenvalue weighted by Gasteiger charge is 2.27. The molecule has 0 aliphatic rings. The molecule has 2 N–H and O–H groups in total. The number of esters is 1. The van der Waals surface area contributed by atoms with Gasteiger partial charge < -0.3 is 34.5 Å². The Labute approximate surface area is 178 Å². The summed E-state index contributed by atoms with van der Waals surface area (Å²) in [5.74, 6) is -1.80. The quantitative estimate of drug-likeness (QED) is 0.114. The van der Waals surface area contributed by atoms with Crippen LogP contribution in [0.15, 0.2) is 23.9 Å². The van der Waals surface area contributed by atoms with Gasteiger partial charge in [-0.05, 0) is 20.3 Å². The molecule has 0 aliphatic heterocycles. The molecule has 0 fully saturated rings. The van der Waals surface area contributed by atoms with Gasteiger partial charge in [-0.2, -0.15) is 0 Å². The van der Waals surface area contributed by atoms with Crippen LogP contribution in [-0.4, -0.2) is 75.0 Å². The Hall–Kier alpha value is -2.68. The number of aldehydes is 1. The van der Waals surface area contributed by atoms with Gasteiger partial charge in [-0.15, -0.1) is 0 Å². The van der Waals surface area contributed by atoms with Crippen LogP contribution in [0.1, 0.15) is 39.5 Å². The molecule has 1 atom stereocenters. The van der Waals surface area contributed by atoms with Crippen molar-refractivity contribution in [3.63, 3.8) is 0 Å². The number of carboxylic acids is 1. The Balaban J connectivity index is 4.19. The van der Waals surface area contributed by atoms with Gasteiger partial charge in [0, 0.05) is 49.2 Å². The van der Waals surface area contributed by atoms with Crippen molar-refractivity contribution in [3.8, 4) is 0 Å². The highest BCUT2D eigenvalue weighted by Crippen LogP contribution is 2.14. The van der Waals surface area contributed by atoms with Crippen molar-refractivity contribution in [1.29, 1.82) is 0 Å². The molecule has 30 heavy (non-hydrogen) atoms. The third kappa shape index (κ3) is 12.0. The van der Waals surface area contributed by atoms with E-state index in [2.05, 4.69) is 17.2 Å². The van der Waals surface area contributed by atoms with Crippen LogP contribution in [0.2, 0.25) is 0 Å². The lowest BCUT2D eigenvalue weighted by molar-refractivity contribution is -0.914. The maximum absolute atomic E-state index is 12.1. The fourth-order valence-corrected chi connectivity index (χ4v) is 2.68. The minimum absolute atomic E-state index is 0.146. The molecule has 0 aliphatic carbocycles. The Bertz CT molecular complexity index is 643. The first-order valence-corrected chi connectivity index (χ1v) is 9.98. The SMILES string of the molecule is C=C(C)C(=O)OCCCNC=C(C)C(=O)NCCC[N+](C)(C)C(CC=O)CC(=O)[O-]. The second-order valence-electron chi connectivity index (χ2n) is 7.80. The van der Waals surface area contributed by atoms with Crippen molar-refractivity contribution in [3.05, 3.63) is 23.9 Å². The third-order valence-electron chi connectivity index (χ3n) is 4.68. The summed E-state index contributed by atoms with van der Waals surface area (Å²) in [7, 11) is 3.73. The molecule has 0 bridgehead atoms. The standard InChI is InChI=1S/C21H35N3O6/c1-16(2)21(29)30-13-7-9-22-15-17(3)20(28)23-10-6-11-24(4,5)18(8-12-25)14-19(26)27/h12,15,18H,1,6-11,13-14H2,2-5H3,(H2-,22,23,26,27,28). The van der Waals surface area contributed by atoms with Gasteiger partial charge >= 0.3 is 5.97 Å². The zero-order chi connectivity index (χ0) is 23.2. The van der Waals surface area contributed by atoms with E-state index in [1.54, 1.807) is 20.0 Å². The van der Waals surface area contributed by atoms with Gasteiger partial charge in [-0.1, -0.05) is 6.58 Å². The molecule has 0 heterocycles. The Kier molecular flexibility index (Phi) is 13.0. The number of hydrogen-bond acceptors (Lipinski definition) is 7. The number of nitrogens with zero attached hydrogens (tertiary/aromatic N) is 1. The number of carboxylic acid groups (broad SMARTS) is 1. The van der Waals surface area contributed by atoms with Gasteiger partial charge in [-0.25, -0.2) is 4.79 Å². The lowest BCUT2D eigenvalue weighted by Gasteiger charge is -2.37. The molecule has 1 unspecified atom stereocenters. The van der Waals surface area contributed by atoms with Crippen molar-refractivity contribution in [2.75, 3.05) is 40.3 Å². The maximum Gasteiger partial charge on any atom is 0.333 e. The summed E-state index contributed by atoms with van der Waals surface area (Å²) < 4.78 is 5.32. The number of aliphatic carboxylic acids is 1. The summed E-state index contributed by atoms with van der Waals surface area (Å²) in [5, 5.41) is 16.7. The van der Waals surface area contributed by atoms with Gasteiger partial charge in [0.05, 0.1) is 33.7 Å². The molecule has 0 spiro atoms. The fraction of sp³-hybridized carbons (Fsp3) is 0.619. The summed E-state index contributed by atoms with van der Waals surface area (Å²) in [6, 6.07) is -0.358. The molecule has 170 valence electrons. The first-order valence-electron chi connectivity index (χ1n) is 9.98. The number of hydrogen-bond donors (Lipinski definition) is 2. The molecular formula is C21H35N3O6. The Morgan fingerprint density at radius 3 is 2.40 bits per heavy atom. The lowest BCUT2D eigenvalue weighted by atomic mass is 10.1. The number of quaternary nitrogens is 1. The van der Waals surface area contributed by atoms with Gasteiger partial charge in [-0.3, -0.25) is 4.79 Å². The number of nitrogens with one attached hydrogen (secondary N) is 2. The van der Waals surface area contributed by atoms with Crippen LogP contribution < -0.4 is 15.7 Å². The van der Waals surface area contributed by atoms with E-state index in [9.17, 15) is 24.3 Å². The van der Waals surface area contributed by atoms with Crippen LogP contribution in [0, 0.1) is 0 Å². The highest BCUT2D eigenvalue weighted by atomic mass is 16.5. The third-order valence-corrected chi connectivity index (χ3v) is 4.68. The van der Waals surface area contributed by atoms with Crippen LogP contribution in [0.3, 0.4) is 0 Å². The van der Waals surface area contributed by atoms with Gasteiger partial charge in [0.2, 0.25) is 5.91 Å². The number of carbonyl (C=O) groups excluding carboxylic acids is 4. The molecule has 9 nitrogen and oxygen atoms in total. The summed E-state index contributed by atoms with van der Waals surface area (Å²) >= 11 is 0. The normalized spacial score (nSPS) is 12.6. The molecule has 0 saturated heterocycles. The molecule has 9 heteroatoms. The Morgan fingerprint density at radius 2 is 1.83 bits per heavy atom. The number of ether oxygens (including phenoxy) is 1. The van der Waals surface area contributed by atoms with Crippen molar-refractivity contribution in [2.45, 2.75) is 45.6 Å². The molecule has 0 aromatic heterocycles. The van der Waals surface area contributed by atoms with Crippen LogP contribution in [0.4, 0.5) is 0 Å². The zero-order valence-corrected chi connectivity index (χ0v) is 18.5. The van der Waals surface area contributed by atoms with E-state index in [4.69, 9.17) is 4.74 Å². The first-order chi connectivity index (χ1) is 14.0. The number of rotatable bonds is 16. The number of amides is 1. The average Bonchev–Trinajstić information content (AvgIpc) is 2.66. The summed E-state index contributed by atoms with van der Waals surface area (Å²) in [6.45, 7) is 8.63. The molecular weight excluding hydrogens is 390 g/mol. The average molecular weight is 426 g/mol. The predicted molar refractivity (Wildman–Crippen MR) is 111 cm³/mol. The summed E-state index contributed by atoms with van der Waals surface area (Å²) in [6.07, 6.45) is 3.53. The predicted octanol–water partition coefficient (Wildman–Crippen LogP) is -0.330. The zero-order valence-electron chi connectivity index (χ0n) is 18.5. The lowest BCUT2D eigenvalue weighted by Crippen LogP contribution is -2.52. The van der Waals surface area contributed by atoms with Gasteiger partial charge in [0.1, 0.15) is 12.3 Å². The van der Waals surface area contributed by atoms with Crippen molar-refractivity contribution < 1.29 is 33.5 Å². The van der Waals surface area contributed by atoms with Crippen LogP contribution >= 0.6 is 0 Å². The van der Waals surface area contributed by atoms with Crippen LogP contribution in [-0.2, 0) is 23.9 Å². The van der Waals surface area contributed by atoms with E-state index >= 15 is 0 Å². The minimum atomic E-state index is -1.18. The van der Waals surface area contributed by atoms with Crippen molar-refractivity contribution in [1.82, 2.24) is 10.6 Å². The van der Waals surface area contributed by atoms with Gasteiger partial charge in [0.25, 0.3) is 0 Å². The van der Waals surface area contributed by atoms with Crippen molar-refractivity contribution >= 4 is 24.1 Å². The van der Waals surface area contributed by atoms with E-state index < -0.39 is 11.9 Å². The van der Waals surface area contributed by atoms with Crippen molar-refractivity contribution in [2.24, 2.45) is 0 Å². The molecule has 0 saturated carbocycles. The number of carbonyl (C=O) groups is 4. The summed E-state index contributed by atoms with van der Waals surface area (Å²) in [4.78, 5) is 45.0. The molecule has 0 rings (SSSR count). The molecule has 0 aromatic carbocycles. The van der Waals surface area contributed by atoms with E-state index in [0.717, 1.165) is 6.29 Å². The monoisotopic (exact) mass is 425 g/mol. The maximum atomic E-state index is 12.1. The van der Waals surface area contributed by atoms with E-state index in [1.807, 2.05) is 14.1 Å². The van der Waals surface area contributed by atoms with E-state index in [-0.39, 0.29) is 31.4 Å². The topological polar surface area (TPSA) is 125 Å².